The Kier molecular flexibility index (Phi) is 7.20. The fourth-order valence-corrected chi connectivity index (χ4v) is 8.88. The summed E-state index contributed by atoms with van der Waals surface area (Å²) in [4.78, 5) is 2.32. The van der Waals surface area contributed by atoms with Crippen molar-refractivity contribution in [3.8, 4) is 27.9 Å². The van der Waals surface area contributed by atoms with Crippen LogP contribution in [0.3, 0.4) is 0 Å². The molecule has 0 saturated carbocycles. The van der Waals surface area contributed by atoms with Crippen LogP contribution in [0.2, 0.25) is 0 Å². The second kappa shape index (κ2) is 12.9. The summed E-state index contributed by atoms with van der Waals surface area (Å²) in [5.74, 6) is 0. The molecule has 3 heterocycles. The first kappa shape index (κ1) is 32.4. The lowest BCUT2D eigenvalue weighted by atomic mass is 10.00. The van der Waals surface area contributed by atoms with Gasteiger partial charge in [0, 0.05) is 60.6 Å². The number of hydrogen-bond donors (Lipinski definition) is 0. The molecule has 0 amide bonds. The summed E-state index contributed by atoms with van der Waals surface area (Å²) in [5.41, 5.74) is 14.6. The maximum Gasteiger partial charge on any atom is 0.143 e. The van der Waals surface area contributed by atoms with Crippen molar-refractivity contribution in [2.45, 2.75) is 0 Å². The lowest BCUT2D eigenvalue weighted by Gasteiger charge is -2.26. The Bertz CT molecular complexity index is 3450. The van der Waals surface area contributed by atoms with Crippen molar-refractivity contribution in [1.29, 1.82) is 0 Å². The largest absolute Gasteiger partial charge is 0.456 e. The molecule has 272 valence electrons. The van der Waals surface area contributed by atoms with Crippen molar-refractivity contribution in [3.05, 3.63) is 206 Å². The number of para-hydroxylation sites is 4. The van der Waals surface area contributed by atoms with Gasteiger partial charge in [0.25, 0.3) is 0 Å². The Morgan fingerprint density at radius 1 is 0.328 bits per heavy atom. The van der Waals surface area contributed by atoms with Crippen LogP contribution in [-0.2, 0) is 0 Å². The monoisotopic (exact) mass is 742 g/mol. The van der Waals surface area contributed by atoms with E-state index in [1.807, 2.05) is 18.2 Å². The number of benzene rings is 9. The summed E-state index contributed by atoms with van der Waals surface area (Å²) in [6.07, 6.45) is 0. The molecule has 0 N–H and O–H groups in total. The molecule has 0 aliphatic carbocycles. The molecule has 12 aromatic rings. The normalized spacial score (nSPS) is 11.8. The van der Waals surface area contributed by atoms with E-state index in [1.54, 1.807) is 0 Å². The molecule has 12 rings (SSSR count). The maximum absolute atomic E-state index is 6.69. The maximum atomic E-state index is 6.69. The van der Waals surface area contributed by atoms with Crippen LogP contribution >= 0.6 is 0 Å². The molecule has 4 heteroatoms. The van der Waals surface area contributed by atoms with Crippen LogP contribution in [0, 0.1) is 0 Å². The highest BCUT2D eigenvalue weighted by Crippen LogP contribution is 2.43. The average Bonchev–Trinajstić information content (AvgIpc) is 3.97. The second-order valence-electron chi connectivity index (χ2n) is 14.9. The first-order chi connectivity index (χ1) is 28.7. The lowest BCUT2D eigenvalue weighted by Crippen LogP contribution is -2.09. The SMILES string of the molecule is c1ccc(-c2ccc(N(c3ccc(-c4cc(-n5c6ccccc6c6ccccc65)cc5c4oc4ccccc45)cc3)c3ccc4oc5ccccc5c4c3)cc2)cc1. The van der Waals surface area contributed by atoms with Gasteiger partial charge in [-0.15, -0.1) is 0 Å². The molecule has 0 atom stereocenters. The second-order valence-corrected chi connectivity index (χ2v) is 14.9. The molecule has 0 saturated heterocycles. The zero-order valence-corrected chi connectivity index (χ0v) is 31.3. The van der Waals surface area contributed by atoms with Crippen molar-refractivity contribution in [1.82, 2.24) is 4.57 Å². The highest BCUT2D eigenvalue weighted by Gasteiger charge is 2.20. The van der Waals surface area contributed by atoms with Crippen LogP contribution in [0.15, 0.2) is 215 Å². The smallest absolute Gasteiger partial charge is 0.143 e. The Morgan fingerprint density at radius 2 is 0.828 bits per heavy atom. The van der Waals surface area contributed by atoms with E-state index in [2.05, 4.69) is 198 Å². The van der Waals surface area contributed by atoms with Crippen LogP contribution in [0.25, 0.3) is 93.6 Å². The Labute approximate surface area is 334 Å². The molecule has 4 nitrogen and oxygen atoms in total. The summed E-state index contributed by atoms with van der Waals surface area (Å²) >= 11 is 0. The molecule has 58 heavy (non-hydrogen) atoms. The van der Waals surface area contributed by atoms with Crippen LogP contribution in [0.1, 0.15) is 0 Å². The molecular weight excluding hydrogens is 709 g/mol. The van der Waals surface area contributed by atoms with Crippen LogP contribution < -0.4 is 4.90 Å². The molecule has 0 radical (unpaired) electrons. The predicted molar refractivity (Wildman–Crippen MR) is 241 cm³/mol. The van der Waals surface area contributed by atoms with Crippen LogP contribution in [-0.4, -0.2) is 4.57 Å². The number of fused-ring (bicyclic) bond motifs is 9. The van der Waals surface area contributed by atoms with E-state index in [0.29, 0.717) is 0 Å². The van der Waals surface area contributed by atoms with Crippen LogP contribution in [0.4, 0.5) is 17.1 Å². The Balaban J connectivity index is 1.03. The van der Waals surface area contributed by atoms with Crippen molar-refractivity contribution in [3.63, 3.8) is 0 Å². The van der Waals surface area contributed by atoms with Crippen LogP contribution in [0.5, 0.6) is 0 Å². The molecule has 0 bridgehead atoms. The number of hydrogen-bond acceptors (Lipinski definition) is 3. The highest BCUT2D eigenvalue weighted by molar-refractivity contribution is 6.13. The lowest BCUT2D eigenvalue weighted by molar-refractivity contribution is 0.669. The molecular formula is C54H34N2O2. The molecule has 3 aromatic heterocycles. The van der Waals surface area contributed by atoms with Gasteiger partial charge in [-0.1, -0.05) is 127 Å². The molecule has 0 fully saturated rings. The van der Waals surface area contributed by atoms with E-state index < -0.39 is 0 Å². The van der Waals surface area contributed by atoms with Gasteiger partial charge in [0.05, 0.1) is 11.0 Å². The minimum absolute atomic E-state index is 0.873. The first-order valence-corrected chi connectivity index (χ1v) is 19.7. The molecule has 9 aromatic carbocycles. The van der Waals surface area contributed by atoms with Gasteiger partial charge >= 0.3 is 0 Å². The van der Waals surface area contributed by atoms with Gasteiger partial charge in [0.1, 0.15) is 22.3 Å². The highest BCUT2D eigenvalue weighted by atomic mass is 16.3. The molecule has 0 spiro atoms. The van der Waals surface area contributed by atoms with Gasteiger partial charge < -0.3 is 18.3 Å². The van der Waals surface area contributed by atoms with Crippen molar-refractivity contribution >= 4 is 82.7 Å². The predicted octanol–water partition coefficient (Wildman–Crippen LogP) is 15.4. The molecule has 0 unspecified atom stereocenters. The van der Waals surface area contributed by atoms with Gasteiger partial charge in [-0.3, -0.25) is 0 Å². The van der Waals surface area contributed by atoms with Crippen molar-refractivity contribution < 1.29 is 8.83 Å². The minimum Gasteiger partial charge on any atom is -0.456 e. The van der Waals surface area contributed by atoms with E-state index in [-0.39, 0.29) is 0 Å². The van der Waals surface area contributed by atoms with Gasteiger partial charge in [-0.05, 0) is 95.6 Å². The zero-order chi connectivity index (χ0) is 38.2. The van der Waals surface area contributed by atoms with E-state index >= 15 is 0 Å². The average molecular weight is 743 g/mol. The Morgan fingerprint density at radius 3 is 1.50 bits per heavy atom. The van der Waals surface area contributed by atoms with E-state index in [9.17, 15) is 0 Å². The van der Waals surface area contributed by atoms with E-state index in [0.717, 1.165) is 77.8 Å². The van der Waals surface area contributed by atoms with Gasteiger partial charge in [-0.2, -0.15) is 0 Å². The summed E-state index contributed by atoms with van der Waals surface area (Å²) < 4.78 is 15.3. The fourth-order valence-electron chi connectivity index (χ4n) is 8.88. The van der Waals surface area contributed by atoms with Crippen molar-refractivity contribution in [2.75, 3.05) is 4.90 Å². The third-order valence-electron chi connectivity index (χ3n) is 11.6. The quantitative estimate of drug-likeness (QED) is 0.170. The summed E-state index contributed by atoms with van der Waals surface area (Å²) in [7, 11) is 0. The zero-order valence-electron chi connectivity index (χ0n) is 31.3. The molecule has 0 aliphatic heterocycles. The minimum atomic E-state index is 0.873. The topological polar surface area (TPSA) is 34.5 Å². The number of rotatable bonds is 6. The van der Waals surface area contributed by atoms with Crippen molar-refractivity contribution in [2.24, 2.45) is 0 Å². The number of anilines is 3. The third kappa shape index (κ3) is 5.09. The third-order valence-corrected chi connectivity index (χ3v) is 11.6. The summed E-state index contributed by atoms with van der Waals surface area (Å²) in [6, 6.07) is 73.2. The Hall–Kier alpha value is -7.82. The number of furan rings is 2. The first-order valence-electron chi connectivity index (χ1n) is 19.7. The van der Waals surface area contributed by atoms with Gasteiger partial charge in [-0.25, -0.2) is 0 Å². The van der Waals surface area contributed by atoms with Gasteiger partial charge in [0.2, 0.25) is 0 Å². The fraction of sp³-hybridized carbons (Fsp3) is 0. The number of aromatic nitrogens is 1. The van der Waals surface area contributed by atoms with E-state index in [1.165, 1.54) is 32.9 Å². The van der Waals surface area contributed by atoms with E-state index in [4.69, 9.17) is 8.83 Å². The summed E-state index contributed by atoms with van der Waals surface area (Å²) in [5, 5.41) is 6.86. The van der Waals surface area contributed by atoms with Gasteiger partial charge in [0.15, 0.2) is 0 Å². The standard InChI is InChI=1S/C54H34N2O2/c1-2-12-35(13-3-1)36-22-26-38(27-23-36)55(40-30-31-53-47(32-40)44-16-6-10-20-51(44)57-53)39-28-24-37(25-29-39)46-33-41(34-48-45-17-7-11-21-52(45)58-54(46)48)56-49-18-8-4-14-42(49)43-15-5-9-19-50(43)56/h1-34H. The molecule has 0 aliphatic rings. The summed E-state index contributed by atoms with van der Waals surface area (Å²) in [6.45, 7) is 0. The number of nitrogens with zero attached hydrogens (tertiary/aromatic N) is 2.